The smallest absolute Gasteiger partial charge is 0.145 e. The standard InChI is InChI=1S/C18H20ClNO.C6H12O.C4H11N.C4H8O/c1-11-9-16-17(21-11)14(18(2,3)4)10-15(20-16)12-5-7-13(19)8-6-12;1-6(2,3)4-5-7;1-3-4-5-2;1-4(2)3-5/h5-8,10-11H,9H2,1-4H3;5H,4H2,1-3H3;5H,3-4H2,1-2H3;3-4H,1-2H3. The Bertz CT molecular complexity index is 956. The van der Waals surface area contributed by atoms with Crippen molar-refractivity contribution in [3.05, 3.63) is 46.6 Å². The molecule has 0 spiro atoms. The number of nitrogens with zero attached hydrogens (tertiary/aromatic N) is 1. The minimum atomic E-state index is 0.0261. The van der Waals surface area contributed by atoms with Gasteiger partial charge >= 0.3 is 0 Å². The molecule has 0 bridgehead atoms. The number of pyridine rings is 1. The van der Waals surface area contributed by atoms with E-state index >= 15 is 0 Å². The van der Waals surface area contributed by atoms with Crippen molar-refractivity contribution in [2.24, 2.45) is 11.3 Å². The predicted molar refractivity (Wildman–Crippen MR) is 162 cm³/mol. The summed E-state index contributed by atoms with van der Waals surface area (Å²) >= 11 is 5.98. The molecular weight excluding hydrogens is 496 g/mol. The molecule has 0 fully saturated rings. The first kappa shape index (κ1) is 35.8. The summed E-state index contributed by atoms with van der Waals surface area (Å²) in [4.78, 5) is 24.1. The van der Waals surface area contributed by atoms with E-state index in [1.165, 1.54) is 12.0 Å². The Morgan fingerprint density at radius 2 is 1.66 bits per heavy atom. The Hall–Kier alpha value is -2.24. The highest BCUT2D eigenvalue weighted by Crippen LogP contribution is 2.40. The monoisotopic (exact) mass is 546 g/mol. The molecule has 0 saturated carbocycles. The number of rotatable bonds is 5. The summed E-state index contributed by atoms with van der Waals surface area (Å²) in [5, 5.41) is 3.76. The number of carbonyl (C=O) groups excluding carboxylic acids is 2. The van der Waals surface area contributed by atoms with Crippen LogP contribution in [-0.2, 0) is 21.4 Å². The lowest BCUT2D eigenvalue weighted by Crippen LogP contribution is -2.14. The SMILES string of the molecule is CC(C)(C)CC=O.CC(C)C=O.CC1Cc2nc(-c3ccc(Cl)cc3)cc(C(C)(C)C)c2O1.CCCNC. The summed E-state index contributed by atoms with van der Waals surface area (Å²) in [6, 6.07) is 9.99. The molecule has 0 amide bonds. The zero-order chi connectivity index (χ0) is 29.5. The number of carbonyl (C=O) groups is 2. The van der Waals surface area contributed by atoms with Crippen LogP contribution in [0.15, 0.2) is 30.3 Å². The molecule has 0 aliphatic carbocycles. The van der Waals surface area contributed by atoms with E-state index in [0.717, 1.165) is 53.3 Å². The van der Waals surface area contributed by atoms with E-state index < -0.39 is 0 Å². The van der Waals surface area contributed by atoms with Gasteiger partial charge in [-0.25, -0.2) is 4.98 Å². The van der Waals surface area contributed by atoms with Gasteiger partial charge < -0.3 is 19.6 Å². The normalized spacial score (nSPS) is 14.0. The minimum absolute atomic E-state index is 0.0261. The summed E-state index contributed by atoms with van der Waals surface area (Å²) in [6.07, 6.45) is 4.85. The van der Waals surface area contributed by atoms with Gasteiger partial charge in [0.1, 0.15) is 24.4 Å². The molecule has 6 heteroatoms. The number of hydrogen-bond donors (Lipinski definition) is 1. The lowest BCUT2D eigenvalue weighted by Gasteiger charge is -2.23. The van der Waals surface area contributed by atoms with Crippen LogP contribution in [0.1, 0.15) is 93.3 Å². The molecule has 0 saturated heterocycles. The fraction of sp³-hybridized carbons (Fsp3) is 0.594. The molecule has 1 aliphatic rings. The number of hydrogen-bond acceptors (Lipinski definition) is 5. The molecule has 1 N–H and O–H groups in total. The van der Waals surface area contributed by atoms with Crippen molar-refractivity contribution in [2.45, 2.75) is 100 Å². The first-order valence-electron chi connectivity index (χ1n) is 13.6. The highest BCUT2D eigenvalue weighted by molar-refractivity contribution is 6.30. The van der Waals surface area contributed by atoms with Crippen LogP contribution in [0.4, 0.5) is 0 Å². The van der Waals surface area contributed by atoms with Gasteiger partial charge in [0.25, 0.3) is 0 Å². The fourth-order valence-corrected chi connectivity index (χ4v) is 3.32. The average Bonchev–Trinajstić information content (AvgIpc) is 3.19. The van der Waals surface area contributed by atoms with Crippen molar-refractivity contribution in [3.8, 4) is 17.0 Å². The molecule has 0 radical (unpaired) electrons. The van der Waals surface area contributed by atoms with E-state index in [2.05, 4.69) is 46.0 Å². The first-order valence-corrected chi connectivity index (χ1v) is 14.0. The van der Waals surface area contributed by atoms with E-state index in [9.17, 15) is 9.59 Å². The van der Waals surface area contributed by atoms with Crippen LogP contribution in [0.25, 0.3) is 11.3 Å². The van der Waals surface area contributed by atoms with Gasteiger partial charge in [-0.05, 0) is 56.0 Å². The maximum atomic E-state index is 9.82. The fourth-order valence-electron chi connectivity index (χ4n) is 3.20. The quantitative estimate of drug-likeness (QED) is 0.383. The molecule has 2 heterocycles. The van der Waals surface area contributed by atoms with E-state index in [4.69, 9.17) is 21.3 Å². The summed E-state index contributed by atoms with van der Waals surface area (Å²) in [7, 11) is 1.96. The maximum absolute atomic E-state index is 9.82. The van der Waals surface area contributed by atoms with E-state index in [-0.39, 0.29) is 22.9 Å². The second-order valence-corrected chi connectivity index (χ2v) is 12.6. The molecule has 1 aromatic carbocycles. The van der Waals surface area contributed by atoms with E-state index in [1.54, 1.807) is 0 Å². The third kappa shape index (κ3) is 14.6. The van der Waals surface area contributed by atoms with Gasteiger partial charge in [-0.15, -0.1) is 0 Å². The largest absolute Gasteiger partial charge is 0.488 e. The predicted octanol–water partition coefficient (Wildman–Crippen LogP) is 8.10. The third-order valence-electron chi connectivity index (χ3n) is 5.26. The number of halogens is 1. The van der Waals surface area contributed by atoms with Gasteiger partial charge in [0.2, 0.25) is 0 Å². The number of aromatic nitrogens is 1. The number of nitrogens with one attached hydrogen (secondary N) is 1. The van der Waals surface area contributed by atoms with Crippen molar-refractivity contribution >= 4 is 24.2 Å². The Labute approximate surface area is 237 Å². The molecule has 1 aromatic heterocycles. The average molecular weight is 547 g/mol. The Morgan fingerprint density at radius 1 is 1.11 bits per heavy atom. The lowest BCUT2D eigenvalue weighted by atomic mass is 9.85. The summed E-state index contributed by atoms with van der Waals surface area (Å²) < 4.78 is 5.99. The van der Waals surface area contributed by atoms with Crippen molar-refractivity contribution in [1.82, 2.24) is 10.3 Å². The number of benzene rings is 1. The first-order chi connectivity index (χ1) is 17.6. The molecule has 1 atom stereocenters. The molecule has 1 aliphatic heterocycles. The van der Waals surface area contributed by atoms with Crippen molar-refractivity contribution in [2.75, 3.05) is 13.6 Å². The van der Waals surface area contributed by atoms with Gasteiger partial charge in [0.15, 0.2) is 0 Å². The molecule has 3 rings (SSSR count). The molecule has 214 valence electrons. The topological polar surface area (TPSA) is 68.3 Å². The summed E-state index contributed by atoms with van der Waals surface area (Å²) in [6.45, 7) is 21.8. The lowest BCUT2D eigenvalue weighted by molar-refractivity contribution is -0.110. The zero-order valence-corrected chi connectivity index (χ0v) is 26.3. The number of aldehydes is 2. The van der Waals surface area contributed by atoms with Gasteiger partial charge in [0, 0.05) is 34.9 Å². The second kappa shape index (κ2) is 17.4. The Morgan fingerprint density at radius 3 is 2.00 bits per heavy atom. The zero-order valence-electron chi connectivity index (χ0n) is 25.6. The van der Waals surface area contributed by atoms with Crippen molar-refractivity contribution in [1.29, 1.82) is 0 Å². The molecular formula is C32H51ClN2O3. The highest BCUT2D eigenvalue weighted by atomic mass is 35.5. The minimum Gasteiger partial charge on any atom is -0.488 e. The third-order valence-corrected chi connectivity index (χ3v) is 5.51. The number of ether oxygens (including phenoxy) is 1. The van der Waals surface area contributed by atoms with Crippen molar-refractivity contribution in [3.63, 3.8) is 0 Å². The molecule has 5 nitrogen and oxygen atoms in total. The summed E-state index contributed by atoms with van der Waals surface area (Å²) in [5.74, 6) is 1.18. The Balaban J connectivity index is 0.000000662. The van der Waals surface area contributed by atoms with E-state index in [1.807, 2.05) is 65.9 Å². The van der Waals surface area contributed by atoms with Crippen LogP contribution >= 0.6 is 11.6 Å². The van der Waals surface area contributed by atoms with Crippen LogP contribution in [-0.4, -0.2) is 37.3 Å². The Kier molecular flexibility index (Phi) is 16.3. The molecule has 1 unspecified atom stereocenters. The van der Waals surface area contributed by atoms with Crippen LogP contribution in [0.3, 0.4) is 0 Å². The highest BCUT2D eigenvalue weighted by Gasteiger charge is 2.29. The van der Waals surface area contributed by atoms with Crippen LogP contribution < -0.4 is 10.1 Å². The van der Waals surface area contributed by atoms with Gasteiger partial charge in [0.05, 0.1) is 11.4 Å². The van der Waals surface area contributed by atoms with Gasteiger partial charge in [-0.3, -0.25) is 0 Å². The second-order valence-electron chi connectivity index (χ2n) is 12.1. The maximum Gasteiger partial charge on any atom is 0.145 e. The molecule has 38 heavy (non-hydrogen) atoms. The van der Waals surface area contributed by atoms with Crippen LogP contribution in [0.5, 0.6) is 5.75 Å². The van der Waals surface area contributed by atoms with Crippen molar-refractivity contribution < 1.29 is 14.3 Å². The van der Waals surface area contributed by atoms with Crippen LogP contribution in [0, 0.1) is 11.3 Å². The van der Waals surface area contributed by atoms with Crippen LogP contribution in [0.2, 0.25) is 5.02 Å². The van der Waals surface area contributed by atoms with Gasteiger partial charge in [-0.1, -0.05) is 86.0 Å². The van der Waals surface area contributed by atoms with E-state index in [0.29, 0.717) is 6.42 Å². The summed E-state index contributed by atoms with van der Waals surface area (Å²) in [5.41, 5.74) is 4.59. The van der Waals surface area contributed by atoms with Gasteiger partial charge in [-0.2, -0.15) is 0 Å². The number of fused-ring (bicyclic) bond motifs is 1. The molecule has 2 aromatic rings.